The molecule has 310 valence electrons. The Morgan fingerprint density at radius 2 is 0.612 bits per heavy atom. The Morgan fingerprint density at radius 3 is 1.07 bits per heavy atom. The predicted octanol–water partition coefficient (Wildman–Crippen LogP) is 19.1. The van der Waals surface area contributed by atoms with Gasteiger partial charge >= 0.3 is 391 Å². The van der Waals surface area contributed by atoms with Crippen molar-refractivity contribution in [2.45, 2.75) is 0 Å². The summed E-state index contributed by atoms with van der Waals surface area (Å²) in [6, 6.07) is 82.4. The van der Waals surface area contributed by atoms with E-state index in [-0.39, 0.29) is 14.5 Å². The van der Waals surface area contributed by atoms with Crippen molar-refractivity contribution in [1.82, 2.24) is 0 Å². The Morgan fingerprint density at radius 1 is 0.254 bits per heavy atom. The Balaban J connectivity index is 0.954. The van der Waals surface area contributed by atoms with E-state index in [0.29, 0.717) is 0 Å². The zero-order valence-electron chi connectivity index (χ0n) is 36.0. The van der Waals surface area contributed by atoms with Gasteiger partial charge in [0.1, 0.15) is 0 Å². The Labute approximate surface area is 400 Å². The summed E-state index contributed by atoms with van der Waals surface area (Å²) in [5.74, 6) is 0. The van der Waals surface area contributed by atoms with Crippen molar-refractivity contribution in [1.29, 1.82) is 0 Å². The van der Waals surface area contributed by atoms with Gasteiger partial charge in [-0.25, -0.2) is 0 Å². The first-order chi connectivity index (χ1) is 33.3. The van der Waals surface area contributed by atoms with Gasteiger partial charge in [-0.05, 0) is 0 Å². The molecule has 0 amide bonds. The van der Waals surface area contributed by atoms with Gasteiger partial charge in [-0.15, -0.1) is 0 Å². The third-order valence-electron chi connectivity index (χ3n) is 14.3. The van der Waals surface area contributed by atoms with Crippen molar-refractivity contribution in [2.75, 3.05) is 0 Å². The molecule has 0 spiro atoms. The summed E-state index contributed by atoms with van der Waals surface area (Å²) in [5.41, 5.74) is 10.5. The van der Waals surface area contributed by atoms with Gasteiger partial charge in [0.2, 0.25) is 0 Å². The second-order valence-corrected chi connectivity index (χ2v) is 22.1. The fraction of sp³-hybridized carbons (Fsp3) is 0. The van der Waals surface area contributed by atoms with E-state index in [9.17, 15) is 0 Å². The molecule has 3 heteroatoms. The van der Waals surface area contributed by atoms with Crippen molar-refractivity contribution in [3.05, 3.63) is 218 Å². The summed E-state index contributed by atoms with van der Waals surface area (Å²) < 4.78 is 8.28. The Hall–Kier alpha value is -7.36. The average molecular weight is 948 g/mol. The van der Waals surface area contributed by atoms with E-state index in [2.05, 4.69) is 218 Å². The summed E-state index contributed by atoms with van der Waals surface area (Å²) in [7, 11) is 0. The second-order valence-electron chi connectivity index (χ2n) is 17.7. The first-order valence-electron chi connectivity index (χ1n) is 22.9. The molecule has 0 aliphatic carbocycles. The molecule has 0 aliphatic heterocycles. The van der Waals surface area contributed by atoms with Crippen molar-refractivity contribution in [3.8, 4) is 44.5 Å². The Bertz CT molecular complexity index is 4470. The van der Waals surface area contributed by atoms with Crippen LogP contribution in [0.3, 0.4) is 0 Å². The van der Waals surface area contributed by atoms with Crippen LogP contribution in [0.25, 0.3) is 147 Å². The molecule has 0 N–H and O–H groups in total. The molecule has 0 aliphatic rings. The Kier molecular flexibility index (Phi) is 8.22. The maximum atomic E-state index is 2.53. The summed E-state index contributed by atoms with van der Waals surface area (Å²) in [5, 5.41) is 18.4. The van der Waals surface area contributed by atoms with Crippen LogP contribution in [0, 0.1) is 0 Å². The fourth-order valence-corrected chi connectivity index (χ4v) is 16.6. The number of hydrogen-bond acceptors (Lipinski definition) is 2. The molecule has 3 heterocycles. The van der Waals surface area contributed by atoms with Gasteiger partial charge in [-0.3, -0.25) is 0 Å². The first kappa shape index (κ1) is 37.8. The number of thiophene rings is 2. The van der Waals surface area contributed by atoms with Crippen LogP contribution in [0.1, 0.15) is 0 Å². The normalized spacial score (nSPS) is 12.2. The molecule has 0 saturated heterocycles. The van der Waals surface area contributed by atoms with Crippen molar-refractivity contribution in [2.24, 2.45) is 0 Å². The van der Waals surface area contributed by atoms with E-state index < -0.39 is 0 Å². The molecule has 67 heavy (non-hydrogen) atoms. The van der Waals surface area contributed by atoms with E-state index in [0.717, 1.165) is 0 Å². The number of benzene rings is 12. The van der Waals surface area contributed by atoms with E-state index in [1.54, 1.807) is 0 Å². The van der Waals surface area contributed by atoms with Crippen LogP contribution in [0.5, 0.6) is 0 Å². The summed E-state index contributed by atoms with van der Waals surface area (Å²) in [6.07, 6.45) is 0. The van der Waals surface area contributed by atoms with Gasteiger partial charge in [-0.1, -0.05) is 12.1 Å². The molecule has 0 saturated carbocycles. The fourth-order valence-electron chi connectivity index (χ4n) is 11.5. The van der Waals surface area contributed by atoms with Gasteiger partial charge in [0.05, 0.1) is 0 Å². The van der Waals surface area contributed by atoms with Gasteiger partial charge in [0.15, 0.2) is 0 Å². The minimum atomic E-state index is 0.0865. The second kappa shape index (κ2) is 14.6. The molecular formula is C64H36S2Se. The summed E-state index contributed by atoms with van der Waals surface area (Å²) in [4.78, 5) is 0. The van der Waals surface area contributed by atoms with E-state index in [1.807, 2.05) is 22.7 Å². The summed E-state index contributed by atoms with van der Waals surface area (Å²) in [6.45, 7) is 0. The van der Waals surface area contributed by atoms with E-state index in [4.69, 9.17) is 0 Å². The third-order valence-corrected chi connectivity index (χ3v) is 19.2. The van der Waals surface area contributed by atoms with Crippen LogP contribution in [-0.2, 0) is 0 Å². The zero-order valence-corrected chi connectivity index (χ0v) is 39.4. The molecule has 12 aromatic carbocycles. The van der Waals surface area contributed by atoms with Gasteiger partial charge < -0.3 is 0 Å². The SMILES string of the molecule is c1ccc2c(c1)sc1c(-c3c4ccccc4c(-c4ccc5c(c4)[se]c4c(-c6c7ccccc7c(-c7cccc8c7sc7ccccc78)c7ccccc67)cccc45)c4ccccc34)cccc12. The van der Waals surface area contributed by atoms with Crippen LogP contribution < -0.4 is 0 Å². The summed E-state index contributed by atoms with van der Waals surface area (Å²) >= 11 is 3.91. The maximum absolute atomic E-state index is 2.53. The third kappa shape index (κ3) is 5.46. The molecular weight excluding hydrogens is 912 g/mol. The minimum absolute atomic E-state index is 0.0865. The molecule has 0 unspecified atom stereocenters. The van der Waals surface area contributed by atoms with Crippen LogP contribution in [-0.4, -0.2) is 14.5 Å². The first-order valence-corrected chi connectivity index (χ1v) is 26.3. The van der Waals surface area contributed by atoms with Crippen LogP contribution in [0.4, 0.5) is 0 Å². The molecule has 15 aromatic rings. The molecule has 3 aromatic heterocycles. The molecule has 0 nitrogen and oxygen atoms in total. The van der Waals surface area contributed by atoms with Crippen LogP contribution in [0.15, 0.2) is 218 Å². The number of hydrogen-bond donors (Lipinski definition) is 0. The van der Waals surface area contributed by atoms with Gasteiger partial charge in [-0.2, -0.15) is 0 Å². The molecule has 0 radical (unpaired) electrons. The van der Waals surface area contributed by atoms with E-state index in [1.165, 1.54) is 147 Å². The number of rotatable bonds is 4. The zero-order chi connectivity index (χ0) is 43.7. The van der Waals surface area contributed by atoms with E-state index >= 15 is 0 Å². The molecule has 0 fully saturated rings. The topological polar surface area (TPSA) is 0 Å². The van der Waals surface area contributed by atoms with Gasteiger partial charge in [0.25, 0.3) is 0 Å². The van der Waals surface area contributed by atoms with Crippen molar-refractivity contribution < 1.29 is 0 Å². The molecule has 15 rings (SSSR count). The van der Waals surface area contributed by atoms with Crippen LogP contribution >= 0.6 is 22.7 Å². The predicted molar refractivity (Wildman–Crippen MR) is 296 cm³/mol. The van der Waals surface area contributed by atoms with Crippen LogP contribution in [0.2, 0.25) is 0 Å². The van der Waals surface area contributed by atoms with Crippen molar-refractivity contribution in [3.63, 3.8) is 0 Å². The van der Waals surface area contributed by atoms with Crippen molar-refractivity contribution >= 4 is 140 Å². The monoisotopic (exact) mass is 948 g/mol. The quantitative estimate of drug-likeness (QED) is 0.122. The molecule has 0 atom stereocenters. The number of fused-ring (bicyclic) bond motifs is 13. The average Bonchev–Trinajstić information content (AvgIpc) is 4.09. The van der Waals surface area contributed by atoms with Gasteiger partial charge in [0, 0.05) is 0 Å². The standard InChI is InChI=1S/C64H36S2Se/c1-3-20-43-41(18-1)58(42-19-2-4-21-44(42)59(43)52-29-13-26-49-38-16-9-11-32-55(38)65-62(49)52)37-34-35-40-51-28-15-31-54(64(51)67-57(40)36-37)61-47-24-7-5-22-45(47)60(46-23-6-8-25-48(46)61)53-30-14-27-50-39-17-10-12-33-56(39)66-63(50)53/h1-36H. The molecule has 0 bridgehead atoms.